The molecule has 2 heterocycles. The molecule has 0 saturated carbocycles. The van der Waals surface area contributed by atoms with Crippen LogP contribution in [0.25, 0.3) is 11.2 Å². The number of halogens is 1. The number of nitrogen functional groups attached to an aromatic ring is 1. The Hall–Kier alpha value is -1.84. The van der Waals surface area contributed by atoms with Crippen LogP contribution in [0.4, 0.5) is 5.82 Å². The van der Waals surface area contributed by atoms with Gasteiger partial charge in [0.05, 0.1) is 25.6 Å². The van der Waals surface area contributed by atoms with Gasteiger partial charge in [-0.2, -0.15) is 0 Å². The van der Waals surface area contributed by atoms with E-state index < -0.39 is 13.9 Å². The van der Waals surface area contributed by atoms with Crippen LogP contribution in [0.5, 0.6) is 0 Å². The van der Waals surface area contributed by atoms with E-state index in [0.29, 0.717) is 29.9 Å². The zero-order valence-electron chi connectivity index (χ0n) is 15.2. The minimum atomic E-state index is -3.84. The fourth-order valence-electron chi connectivity index (χ4n) is 2.58. The van der Waals surface area contributed by atoms with Crippen LogP contribution in [-0.4, -0.2) is 43.5 Å². The molecule has 11 heteroatoms. The molecule has 0 saturated heterocycles. The zero-order chi connectivity index (χ0) is 20.1. The first kappa shape index (κ1) is 20.9. The molecule has 2 atom stereocenters. The number of nitrogens with two attached hydrogens (primary N) is 1. The Kier molecular flexibility index (Phi) is 6.79. The molecule has 3 N–H and O–H groups in total. The second-order valence-electron chi connectivity index (χ2n) is 6.28. The minimum absolute atomic E-state index is 0.134. The molecule has 0 bridgehead atoms. The standard InChI is InChI=1S/C17H21BrN5O4P/c1-12(8-23-10-22-15-16(19)20-9-21-17(15)23)26-11-28(24,25)27-7-6-13-2-4-14(18)5-3-13/h2-5,9-10,12H,6-8,11H2,1H3,(H,24,25)(H2,19,20,21)/t12-/m1/s1. The van der Waals surface area contributed by atoms with Gasteiger partial charge in [0.1, 0.15) is 18.2 Å². The van der Waals surface area contributed by atoms with E-state index in [1.165, 1.54) is 6.33 Å². The summed E-state index contributed by atoms with van der Waals surface area (Å²) in [7, 11) is -3.84. The molecule has 3 aromatic rings. The van der Waals surface area contributed by atoms with Crippen LogP contribution < -0.4 is 5.73 Å². The average molecular weight is 470 g/mol. The molecule has 3 rings (SSSR count). The maximum absolute atomic E-state index is 12.2. The second-order valence-corrected chi connectivity index (χ2v) is 8.99. The highest BCUT2D eigenvalue weighted by Crippen LogP contribution is 2.42. The van der Waals surface area contributed by atoms with Crippen LogP contribution in [0.3, 0.4) is 0 Å². The largest absolute Gasteiger partial charge is 0.382 e. The summed E-state index contributed by atoms with van der Waals surface area (Å²) < 4.78 is 25.6. The van der Waals surface area contributed by atoms with E-state index in [9.17, 15) is 9.46 Å². The molecule has 150 valence electrons. The Morgan fingerprint density at radius 2 is 2.04 bits per heavy atom. The summed E-state index contributed by atoms with van der Waals surface area (Å²) >= 11 is 3.37. The van der Waals surface area contributed by atoms with Gasteiger partial charge in [-0.25, -0.2) is 15.0 Å². The number of anilines is 1. The third kappa shape index (κ3) is 5.59. The van der Waals surface area contributed by atoms with Crippen molar-refractivity contribution in [2.45, 2.75) is 26.0 Å². The number of hydrogen-bond donors (Lipinski definition) is 2. The van der Waals surface area contributed by atoms with Crippen LogP contribution in [0.1, 0.15) is 12.5 Å². The van der Waals surface area contributed by atoms with E-state index in [-0.39, 0.29) is 12.7 Å². The molecule has 9 nitrogen and oxygen atoms in total. The molecule has 1 unspecified atom stereocenters. The van der Waals surface area contributed by atoms with E-state index >= 15 is 0 Å². The summed E-state index contributed by atoms with van der Waals surface area (Å²) in [6.45, 7) is 2.32. The van der Waals surface area contributed by atoms with Gasteiger partial charge in [0, 0.05) is 4.47 Å². The van der Waals surface area contributed by atoms with Crippen LogP contribution in [0.2, 0.25) is 0 Å². The first-order valence-electron chi connectivity index (χ1n) is 8.58. The molecule has 0 spiro atoms. The van der Waals surface area contributed by atoms with Crippen LogP contribution >= 0.6 is 23.5 Å². The van der Waals surface area contributed by atoms with E-state index in [4.69, 9.17) is 15.0 Å². The Balaban J connectivity index is 1.47. The maximum atomic E-state index is 12.2. The summed E-state index contributed by atoms with van der Waals surface area (Å²) in [4.78, 5) is 22.2. The Morgan fingerprint density at radius 1 is 1.29 bits per heavy atom. The molecule has 1 aromatic carbocycles. The Morgan fingerprint density at radius 3 is 2.79 bits per heavy atom. The van der Waals surface area contributed by atoms with Gasteiger partial charge < -0.3 is 24.5 Å². The van der Waals surface area contributed by atoms with Gasteiger partial charge in [-0.15, -0.1) is 0 Å². The van der Waals surface area contributed by atoms with Gasteiger partial charge in [-0.3, -0.25) is 4.57 Å². The highest BCUT2D eigenvalue weighted by atomic mass is 79.9. The number of aromatic nitrogens is 4. The van der Waals surface area contributed by atoms with Crippen LogP contribution in [0.15, 0.2) is 41.4 Å². The van der Waals surface area contributed by atoms with Gasteiger partial charge in [0.25, 0.3) is 0 Å². The molecule has 28 heavy (non-hydrogen) atoms. The summed E-state index contributed by atoms with van der Waals surface area (Å²) in [5.74, 6) is 0.302. The van der Waals surface area contributed by atoms with Crippen molar-refractivity contribution >= 4 is 40.5 Å². The number of rotatable bonds is 9. The number of nitrogens with zero attached hydrogens (tertiary/aromatic N) is 4. The van der Waals surface area contributed by atoms with Crippen molar-refractivity contribution in [2.75, 3.05) is 18.7 Å². The molecule has 2 aromatic heterocycles. The van der Waals surface area contributed by atoms with E-state index in [1.807, 2.05) is 24.3 Å². The Labute approximate surface area is 170 Å². The van der Waals surface area contributed by atoms with Crippen molar-refractivity contribution in [1.82, 2.24) is 19.5 Å². The quantitative estimate of drug-likeness (QED) is 0.458. The van der Waals surface area contributed by atoms with Gasteiger partial charge in [0.15, 0.2) is 11.5 Å². The number of fused-ring (bicyclic) bond motifs is 1. The third-order valence-corrected chi connectivity index (χ3v) is 5.59. The zero-order valence-corrected chi connectivity index (χ0v) is 17.7. The van der Waals surface area contributed by atoms with E-state index in [2.05, 4.69) is 30.9 Å². The maximum Gasteiger partial charge on any atom is 0.353 e. The predicted octanol–water partition coefficient (Wildman–Crippen LogP) is 2.98. The molecular formula is C17H21BrN5O4P. The van der Waals surface area contributed by atoms with Crippen molar-refractivity contribution < 1.29 is 18.7 Å². The van der Waals surface area contributed by atoms with Gasteiger partial charge in [-0.05, 0) is 31.0 Å². The third-order valence-electron chi connectivity index (χ3n) is 4.00. The van der Waals surface area contributed by atoms with E-state index in [1.54, 1.807) is 17.8 Å². The molecule has 0 aliphatic carbocycles. The van der Waals surface area contributed by atoms with E-state index in [0.717, 1.165) is 10.0 Å². The molecule has 0 amide bonds. The minimum Gasteiger partial charge on any atom is -0.382 e. The number of ether oxygens (including phenoxy) is 1. The first-order chi connectivity index (χ1) is 13.3. The van der Waals surface area contributed by atoms with Crippen molar-refractivity contribution in [3.63, 3.8) is 0 Å². The van der Waals surface area contributed by atoms with Gasteiger partial charge >= 0.3 is 7.60 Å². The Bertz CT molecular complexity index is 981. The van der Waals surface area contributed by atoms with Crippen molar-refractivity contribution in [1.29, 1.82) is 0 Å². The number of imidazole rings is 1. The normalized spacial score (nSPS) is 14.8. The summed E-state index contributed by atoms with van der Waals surface area (Å²) in [6, 6.07) is 7.69. The van der Waals surface area contributed by atoms with Crippen LogP contribution in [-0.2, 0) is 26.8 Å². The lowest BCUT2D eigenvalue weighted by Crippen LogP contribution is -2.17. The van der Waals surface area contributed by atoms with Gasteiger partial charge in [0.2, 0.25) is 0 Å². The van der Waals surface area contributed by atoms with Crippen molar-refractivity contribution in [3.8, 4) is 0 Å². The molecule has 0 aliphatic rings. The molecule has 0 fully saturated rings. The highest BCUT2D eigenvalue weighted by molar-refractivity contribution is 9.10. The second kappa shape index (κ2) is 9.11. The highest BCUT2D eigenvalue weighted by Gasteiger charge is 2.21. The van der Waals surface area contributed by atoms with Crippen molar-refractivity contribution in [3.05, 3.63) is 47.0 Å². The fraction of sp³-hybridized carbons (Fsp3) is 0.353. The first-order valence-corrected chi connectivity index (χ1v) is 11.1. The summed E-state index contributed by atoms with van der Waals surface area (Å²) in [5.41, 5.74) is 7.88. The molecule has 0 aliphatic heterocycles. The number of benzene rings is 1. The lowest BCUT2D eigenvalue weighted by molar-refractivity contribution is 0.0718. The summed E-state index contributed by atoms with van der Waals surface area (Å²) in [6.07, 6.45) is 2.74. The topological polar surface area (TPSA) is 125 Å². The number of hydrogen-bond acceptors (Lipinski definition) is 7. The smallest absolute Gasteiger partial charge is 0.353 e. The molecule has 0 radical (unpaired) electrons. The lowest BCUT2D eigenvalue weighted by Gasteiger charge is -2.17. The van der Waals surface area contributed by atoms with Crippen LogP contribution in [0, 0.1) is 0 Å². The monoisotopic (exact) mass is 469 g/mol. The molecular weight excluding hydrogens is 449 g/mol. The lowest BCUT2D eigenvalue weighted by atomic mass is 10.2. The van der Waals surface area contributed by atoms with Gasteiger partial charge in [-0.1, -0.05) is 28.1 Å². The average Bonchev–Trinajstić information content (AvgIpc) is 3.06. The SMILES string of the molecule is C[C@H](Cn1cnc2c(N)ncnc21)OCP(=O)(O)OCCc1ccc(Br)cc1. The summed E-state index contributed by atoms with van der Waals surface area (Å²) in [5, 5.41) is 0. The fourth-order valence-corrected chi connectivity index (χ4v) is 3.74. The predicted molar refractivity (Wildman–Crippen MR) is 109 cm³/mol. The van der Waals surface area contributed by atoms with Crippen molar-refractivity contribution in [2.24, 2.45) is 0 Å².